The number of carbonyl (C=O) groups excluding carboxylic acids is 1. The van der Waals surface area contributed by atoms with Gasteiger partial charge in [0.25, 0.3) is 5.91 Å². The van der Waals surface area contributed by atoms with E-state index in [-0.39, 0.29) is 18.3 Å². The number of nitrogens with one attached hydrogen (secondary N) is 1. The molecule has 1 saturated heterocycles. The average Bonchev–Trinajstić information content (AvgIpc) is 2.46. The van der Waals surface area contributed by atoms with Crippen molar-refractivity contribution in [3.63, 3.8) is 0 Å². The minimum absolute atomic E-state index is 0. The summed E-state index contributed by atoms with van der Waals surface area (Å²) < 4.78 is 6.68. The zero-order valence-corrected chi connectivity index (χ0v) is 14.7. The summed E-state index contributed by atoms with van der Waals surface area (Å²) in [6, 6.07) is 8.09. The second kappa shape index (κ2) is 8.61. The number of likely N-dealkylation sites (tertiary alicyclic amines) is 1. The fourth-order valence-corrected chi connectivity index (χ4v) is 2.82. The zero-order chi connectivity index (χ0) is 14.5. The molecule has 1 aromatic rings. The van der Waals surface area contributed by atoms with E-state index in [0.29, 0.717) is 11.8 Å². The topological polar surface area (TPSA) is 41.6 Å². The van der Waals surface area contributed by atoms with Crippen LogP contribution in [-0.4, -0.2) is 43.1 Å². The highest BCUT2D eigenvalue weighted by Crippen LogP contribution is 2.20. The molecule has 1 aliphatic heterocycles. The Morgan fingerprint density at radius 1 is 1.43 bits per heavy atom. The van der Waals surface area contributed by atoms with Gasteiger partial charge in [-0.05, 0) is 45.0 Å². The summed E-state index contributed by atoms with van der Waals surface area (Å²) in [5, 5.41) is 3.26. The van der Waals surface area contributed by atoms with Crippen molar-refractivity contribution in [3.8, 4) is 5.75 Å². The standard InChI is InChI=1S/C15H21BrN2O2.ClH/c1-11(20-14-5-3-4-12(16)10-14)15(19)18-8-6-13(17-2)7-9-18;/h3-5,10-11,13,17H,6-9H2,1-2H3;1H. The summed E-state index contributed by atoms with van der Waals surface area (Å²) in [6.07, 6.45) is 1.56. The van der Waals surface area contributed by atoms with E-state index in [0.717, 1.165) is 30.4 Å². The van der Waals surface area contributed by atoms with Crippen LogP contribution in [-0.2, 0) is 4.79 Å². The minimum atomic E-state index is -0.449. The van der Waals surface area contributed by atoms with Gasteiger partial charge in [0.15, 0.2) is 6.10 Å². The van der Waals surface area contributed by atoms with Crippen molar-refractivity contribution < 1.29 is 9.53 Å². The lowest BCUT2D eigenvalue weighted by Crippen LogP contribution is -2.48. The van der Waals surface area contributed by atoms with Gasteiger partial charge in [0.1, 0.15) is 5.75 Å². The molecule has 0 radical (unpaired) electrons. The van der Waals surface area contributed by atoms with E-state index in [4.69, 9.17) is 4.74 Å². The van der Waals surface area contributed by atoms with Gasteiger partial charge in [-0.1, -0.05) is 22.0 Å². The van der Waals surface area contributed by atoms with Crippen LogP contribution in [0.4, 0.5) is 0 Å². The van der Waals surface area contributed by atoms with Crippen molar-refractivity contribution in [3.05, 3.63) is 28.7 Å². The summed E-state index contributed by atoms with van der Waals surface area (Å²) in [6.45, 7) is 3.42. The molecule has 0 bridgehead atoms. The Labute approximate surface area is 140 Å². The first-order valence-electron chi connectivity index (χ1n) is 6.98. The van der Waals surface area contributed by atoms with Crippen LogP contribution in [0.25, 0.3) is 0 Å². The SMILES string of the molecule is CNC1CCN(C(=O)C(C)Oc2cccc(Br)c2)CC1.Cl. The highest BCUT2D eigenvalue weighted by Gasteiger charge is 2.26. The van der Waals surface area contributed by atoms with Crippen LogP contribution < -0.4 is 10.1 Å². The highest BCUT2D eigenvalue weighted by atomic mass is 79.9. The monoisotopic (exact) mass is 376 g/mol. The maximum atomic E-state index is 12.4. The Morgan fingerprint density at radius 3 is 2.67 bits per heavy atom. The Morgan fingerprint density at radius 2 is 2.10 bits per heavy atom. The first-order valence-corrected chi connectivity index (χ1v) is 7.77. The number of hydrogen-bond donors (Lipinski definition) is 1. The van der Waals surface area contributed by atoms with E-state index in [1.807, 2.05) is 43.1 Å². The molecule has 1 atom stereocenters. The van der Waals surface area contributed by atoms with E-state index < -0.39 is 6.10 Å². The number of hydrogen-bond acceptors (Lipinski definition) is 3. The lowest BCUT2D eigenvalue weighted by Gasteiger charge is -2.33. The van der Waals surface area contributed by atoms with Crippen molar-refractivity contribution in [2.24, 2.45) is 0 Å². The predicted octanol–water partition coefficient (Wildman–Crippen LogP) is 2.85. The lowest BCUT2D eigenvalue weighted by atomic mass is 10.0. The van der Waals surface area contributed by atoms with Gasteiger partial charge in [0.2, 0.25) is 0 Å². The zero-order valence-electron chi connectivity index (χ0n) is 12.3. The molecule has 118 valence electrons. The second-order valence-corrected chi connectivity index (χ2v) is 6.02. The first-order chi connectivity index (χ1) is 9.60. The third-order valence-corrected chi connectivity index (χ3v) is 4.16. The minimum Gasteiger partial charge on any atom is -0.481 e. The summed E-state index contributed by atoms with van der Waals surface area (Å²) in [5.41, 5.74) is 0. The molecule has 0 aliphatic carbocycles. The normalized spacial score (nSPS) is 17.0. The van der Waals surface area contributed by atoms with Gasteiger partial charge in [-0.3, -0.25) is 4.79 Å². The fraction of sp³-hybridized carbons (Fsp3) is 0.533. The van der Waals surface area contributed by atoms with Gasteiger partial charge in [0, 0.05) is 23.6 Å². The Kier molecular flexibility index (Phi) is 7.49. The van der Waals surface area contributed by atoms with Crippen molar-refractivity contribution in [1.29, 1.82) is 0 Å². The van der Waals surface area contributed by atoms with Crippen molar-refractivity contribution in [1.82, 2.24) is 10.2 Å². The number of piperidine rings is 1. The van der Waals surface area contributed by atoms with Crippen LogP contribution in [0, 0.1) is 0 Å². The van der Waals surface area contributed by atoms with Crippen LogP contribution in [0.3, 0.4) is 0 Å². The van der Waals surface area contributed by atoms with Crippen molar-refractivity contribution in [2.45, 2.75) is 31.9 Å². The van der Waals surface area contributed by atoms with Crippen LogP contribution in [0.5, 0.6) is 5.75 Å². The molecule has 1 heterocycles. The summed E-state index contributed by atoms with van der Waals surface area (Å²) in [7, 11) is 1.97. The van der Waals surface area contributed by atoms with Gasteiger partial charge >= 0.3 is 0 Å². The van der Waals surface area contributed by atoms with E-state index in [1.165, 1.54) is 0 Å². The number of rotatable bonds is 4. The first kappa shape index (κ1) is 18.3. The van der Waals surface area contributed by atoms with Crippen molar-refractivity contribution >= 4 is 34.2 Å². The Hall–Kier alpha value is -0.780. The number of halogens is 2. The molecule has 0 aromatic heterocycles. The third kappa shape index (κ3) is 5.16. The maximum absolute atomic E-state index is 12.4. The van der Waals surface area contributed by atoms with E-state index in [9.17, 15) is 4.79 Å². The molecular weight excluding hydrogens is 356 g/mol. The van der Waals surface area contributed by atoms with Crippen LogP contribution >= 0.6 is 28.3 Å². The molecule has 1 aliphatic rings. The Bertz CT molecular complexity index is 465. The molecule has 0 spiro atoms. The molecule has 2 rings (SSSR count). The number of amides is 1. The maximum Gasteiger partial charge on any atom is 0.263 e. The molecule has 0 saturated carbocycles. The molecule has 1 N–H and O–H groups in total. The van der Waals surface area contributed by atoms with Crippen LogP contribution in [0.1, 0.15) is 19.8 Å². The largest absolute Gasteiger partial charge is 0.481 e. The van der Waals surface area contributed by atoms with Crippen LogP contribution in [0.15, 0.2) is 28.7 Å². The predicted molar refractivity (Wildman–Crippen MR) is 90.1 cm³/mol. The Balaban J connectivity index is 0.00000220. The van der Waals surface area contributed by atoms with Gasteiger partial charge in [-0.25, -0.2) is 0 Å². The van der Waals surface area contributed by atoms with E-state index in [2.05, 4.69) is 21.2 Å². The van der Waals surface area contributed by atoms with Crippen LogP contribution in [0.2, 0.25) is 0 Å². The summed E-state index contributed by atoms with van der Waals surface area (Å²) in [4.78, 5) is 14.3. The van der Waals surface area contributed by atoms with Gasteiger partial charge in [-0.2, -0.15) is 0 Å². The molecule has 1 amide bonds. The number of benzene rings is 1. The lowest BCUT2D eigenvalue weighted by molar-refractivity contribution is -0.139. The average molecular weight is 378 g/mol. The molecule has 1 aromatic carbocycles. The fourth-order valence-electron chi connectivity index (χ4n) is 2.44. The highest BCUT2D eigenvalue weighted by molar-refractivity contribution is 9.10. The molecule has 21 heavy (non-hydrogen) atoms. The molecule has 1 unspecified atom stereocenters. The number of ether oxygens (including phenoxy) is 1. The second-order valence-electron chi connectivity index (χ2n) is 5.11. The van der Waals surface area contributed by atoms with Crippen molar-refractivity contribution in [2.75, 3.05) is 20.1 Å². The number of carbonyl (C=O) groups is 1. The molecule has 6 heteroatoms. The van der Waals surface area contributed by atoms with Gasteiger partial charge < -0.3 is 15.0 Å². The van der Waals surface area contributed by atoms with Gasteiger partial charge in [0.05, 0.1) is 0 Å². The third-order valence-electron chi connectivity index (χ3n) is 3.67. The summed E-state index contributed by atoms with van der Waals surface area (Å²) >= 11 is 3.40. The summed E-state index contributed by atoms with van der Waals surface area (Å²) in [5.74, 6) is 0.782. The smallest absolute Gasteiger partial charge is 0.263 e. The van der Waals surface area contributed by atoms with Gasteiger partial charge in [-0.15, -0.1) is 12.4 Å². The van der Waals surface area contributed by atoms with E-state index in [1.54, 1.807) is 0 Å². The molecule has 1 fully saturated rings. The molecular formula is C15H22BrClN2O2. The quantitative estimate of drug-likeness (QED) is 0.877. The number of nitrogens with zero attached hydrogens (tertiary/aromatic N) is 1. The molecule has 4 nitrogen and oxygen atoms in total. The van der Waals surface area contributed by atoms with E-state index >= 15 is 0 Å².